The first-order valence-electron chi connectivity index (χ1n) is 9.11. The maximum absolute atomic E-state index is 12.2. The molecule has 9 nitrogen and oxygen atoms in total. The van der Waals surface area contributed by atoms with Crippen LogP contribution < -0.4 is 5.56 Å². The van der Waals surface area contributed by atoms with E-state index in [1.807, 2.05) is 6.92 Å². The second-order valence-corrected chi connectivity index (χ2v) is 9.15. The largest absolute Gasteiger partial charge is 0.338 e. The molecule has 1 unspecified atom stereocenters. The molecule has 2 aromatic heterocycles. The summed E-state index contributed by atoms with van der Waals surface area (Å²) < 4.78 is 31.0. The molecule has 10 heteroatoms. The molecule has 0 aliphatic carbocycles. The van der Waals surface area contributed by atoms with Crippen molar-refractivity contribution in [2.24, 2.45) is 0 Å². The molecule has 2 aromatic carbocycles. The second-order valence-electron chi connectivity index (χ2n) is 7.00. The predicted octanol–water partition coefficient (Wildman–Crippen LogP) is 2.38. The molecule has 1 N–H and O–H groups in total. The number of hydrogen-bond acceptors (Lipinski definition) is 7. The molecular formula is C20H19N5O4S. The lowest BCUT2D eigenvalue weighted by atomic mass is 10.0. The Morgan fingerprint density at radius 2 is 1.83 bits per heavy atom. The summed E-state index contributed by atoms with van der Waals surface area (Å²) in [6.45, 7) is 1.89. The number of aromatic nitrogens is 4. The molecule has 1 atom stereocenters. The van der Waals surface area contributed by atoms with Gasteiger partial charge < -0.3 is 9.51 Å². The fraction of sp³-hybridized carbons (Fsp3) is 0.200. The first kappa shape index (κ1) is 19.9. The molecule has 154 valence electrons. The van der Waals surface area contributed by atoms with Gasteiger partial charge in [-0.25, -0.2) is 17.7 Å². The summed E-state index contributed by atoms with van der Waals surface area (Å²) in [6.07, 6.45) is 1.35. The lowest BCUT2D eigenvalue weighted by molar-refractivity contribution is 0.371. The maximum atomic E-state index is 12.2. The number of sulfonamides is 1. The van der Waals surface area contributed by atoms with Crippen LogP contribution in [0.3, 0.4) is 0 Å². The van der Waals surface area contributed by atoms with Crippen molar-refractivity contribution in [3.8, 4) is 11.4 Å². The van der Waals surface area contributed by atoms with Gasteiger partial charge in [-0.2, -0.15) is 4.98 Å². The first-order chi connectivity index (χ1) is 14.3. The summed E-state index contributed by atoms with van der Waals surface area (Å²) in [7, 11) is -0.511. The quantitative estimate of drug-likeness (QED) is 0.521. The highest BCUT2D eigenvalue weighted by atomic mass is 32.2. The van der Waals surface area contributed by atoms with E-state index in [2.05, 4.69) is 20.1 Å². The van der Waals surface area contributed by atoms with Gasteiger partial charge in [-0.1, -0.05) is 17.3 Å². The zero-order valence-corrected chi connectivity index (χ0v) is 17.3. The first-order valence-corrected chi connectivity index (χ1v) is 10.6. The molecule has 2 heterocycles. The zero-order valence-electron chi connectivity index (χ0n) is 16.5. The van der Waals surface area contributed by atoms with Gasteiger partial charge in [0.05, 0.1) is 28.0 Å². The van der Waals surface area contributed by atoms with Gasteiger partial charge in [-0.15, -0.1) is 0 Å². The van der Waals surface area contributed by atoms with Crippen LogP contribution in [0.5, 0.6) is 0 Å². The van der Waals surface area contributed by atoms with Crippen LogP contribution in [0, 0.1) is 0 Å². The molecule has 0 aliphatic rings. The van der Waals surface area contributed by atoms with Gasteiger partial charge in [0.15, 0.2) is 0 Å². The molecule has 0 radical (unpaired) electrons. The Bertz CT molecular complexity index is 1370. The van der Waals surface area contributed by atoms with Crippen LogP contribution in [0.2, 0.25) is 0 Å². The third-order valence-electron chi connectivity index (χ3n) is 4.87. The molecule has 0 saturated heterocycles. The molecule has 0 amide bonds. The van der Waals surface area contributed by atoms with Crippen molar-refractivity contribution in [3.05, 3.63) is 70.6 Å². The smallest absolute Gasteiger partial charge is 0.258 e. The van der Waals surface area contributed by atoms with Crippen molar-refractivity contribution in [3.63, 3.8) is 0 Å². The van der Waals surface area contributed by atoms with Crippen LogP contribution in [0.1, 0.15) is 24.3 Å². The van der Waals surface area contributed by atoms with E-state index in [1.54, 1.807) is 42.5 Å². The molecule has 0 aliphatic heterocycles. The summed E-state index contributed by atoms with van der Waals surface area (Å²) in [6, 6.07) is 11.7. The van der Waals surface area contributed by atoms with Gasteiger partial charge >= 0.3 is 0 Å². The zero-order chi connectivity index (χ0) is 21.5. The van der Waals surface area contributed by atoms with E-state index < -0.39 is 10.0 Å². The normalized spacial score (nSPS) is 13.1. The Morgan fingerprint density at radius 1 is 1.10 bits per heavy atom. The molecular weight excluding hydrogens is 406 g/mol. The minimum atomic E-state index is -3.49. The minimum Gasteiger partial charge on any atom is -0.338 e. The van der Waals surface area contributed by atoms with E-state index >= 15 is 0 Å². The molecule has 0 fully saturated rings. The SMILES string of the molecule is CC(c1ccc(S(=O)(=O)N(C)C)cc1)c1nc(-c2ccc3nc[nH]c(=O)c3c2)no1. The average Bonchev–Trinajstić information content (AvgIpc) is 3.23. The van der Waals surface area contributed by atoms with Crippen molar-refractivity contribution >= 4 is 20.9 Å². The van der Waals surface area contributed by atoms with Gasteiger partial charge in [-0.3, -0.25) is 4.79 Å². The standard InChI is InChI=1S/C20H19N5O4S/c1-12(13-4-7-15(8-5-13)30(27,28)25(2)3)20-23-18(24-29-20)14-6-9-17-16(10-14)19(26)22-11-21-17/h4-12H,1-3H3,(H,21,22,26). The topological polar surface area (TPSA) is 122 Å². The third-order valence-corrected chi connectivity index (χ3v) is 6.70. The molecule has 30 heavy (non-hydrogen) atoms. The Balaban J connectivity index is 1.63. The van der Waals surface area contributed by atoms with Crippen LogP contribution >= 0.6 is 0 Å². The summed E-state index contributed by atoms with van der Waals surface area (Å²) in [5.74, 6) is 0.495. The van der Waals surface area contributed by atoms with Crippen molar-refractivity contribution in [2.45, 2.75) is 17.7 Å². The number of fused-ring (bicyclic) bond motifs is 1. The van der Waals surface area contributed by atoms with Gasteiger partial charge in [-0.05, 0) is 42.8 Å². The number of nitrogens with one attached hydrogen (secondary N) is 1. The molecule has 0 spiro atoms. The Hall–Kier alpha value is -3.37. The summed E-state index contributed by atoms with van der Waals surface area (Å²) in [4.78, 5) is 23.3. The number of nitrogens with zero attached hydrogens (tertiary/aromatic N) is 4. The van der Waals surface area contributed by atoms with E-state index in [0.717, 1.165) is 5.56 Å². The van der Waals surface area contributed by atoms with Crippen LogP contribution in [0.4, 0.5) is 0 Å². The summed E-state index contributed by atoms with van der Waals surface area (Å²) in [5.41, 5.74) is 1.80. The molecule has 0 saturated carbocycles. The second kappa shape index (κ2) is 7.47. The Morgan fingerprint density at radius 3 is 2.53 bits per heavy atom. The lowest BCUT2D eigenvalue weighted by Gasteiger charge is -2.12. The average molecular weight is 425 g/mol. The van der Waals surface area contributed by atoms with Crippen LogP contribution in [-0.2, 0) is 10.0 Å². The number of rotatable bonds is 5. The van der Waals surface area contributed by atoms with Crippen molar-refractivity contribution in [1.82, 2.24) is 24.4 Å². The number of hydrogen-bond donors (Lipinski definition) is 1. The Kier molecular flexibility index (Phi) is 4.96. The van der Waals surface area contributed by atoms with Crippen molar-refractivity contribution in [1.29, 1.82) is 0 Å². The minimum absolute atomic E-state index is 0.213. The van der Waals surface area contributed by atoms with E-state index in [4.69, 9.17) is 4.52 Å². The van der Waals surface area contributed by atoms with Crippen molar-refractivity contribution in [2.75, 3.05) is 14.1 Å². The highest BCUT2D eigenvalue weighted by Gasteiger charge is 2.20. The van der Waals surface area contributed by atoms with Crippen LogP contribution in [0.15, 0.2) is 63.0 Å². The van der Waals surface area contributed by atoms with Crippen LogP contribution in [0.25, 0.3) is 22.3 Å². The van der Waals surface area contributed by atoms with Crippen molar-refractivity contribution < 1.29 is 12.9 Å². The lowest BCUT2D eigenvalue weighted by Crippen LogP contribution is -2.22. The number of H-pyrrole nitrogens is 1. The molecule has 0 bridgehead atoms. The van der Waals surface area contributed by atoms with Gasteiger partial charge in [0.2, 0.25) is 21.7 Å². The summed E-state index contributed by atoms with van der Waals surface area (Å²) >= 11 is 0. The van der Waals surface area contributed by atoms with E-state index in [-0.39, 0.29) is 16.4 Å². The molecule has 4 rings (SSSR count). The fourth-order valence-electron chi connectivity index (χ4n) is 3.02. The predicted molar refractivity (Wildman–Crippen MR) is 110 cm³/mol. The fourth-order valence-corrected chi connectivity index (χ4v) is 3.92. The molecule has 4 aromatic rings. The number of aromatic amines is 1. The maximum Gasteiger partial charge on any atom is 0.258 e. The highest BCUT2D eigenvalue weighted by molar-refractivity contribution is 7.89. The number of benzene rings is 2. The van der Waals surface area contributed by atoms with Gasteiger partial charge in [0.1, 0.15) is 0 Å². The van der Waals surface area contributed by atoms with Gasteiger partial charge in [0, 0.05) is 19.7 Å². The van der Waals surface area contributed by atoms with E-state index in [1.165, 1.54) is 24.7 Å². The summed E-state index contributed by atoms with van der Waals surface area (Å²) in [5, 5.41) is 4.47. The van der Waals surface area contributed by atoms with E-state index in [9.17, 15) is 13.2 Å². The van der Waals surface area contributed by atoms with E-state index in [0.29, 0.717) is 28.2 Å². The monoisotopic (exact) mass is 425 g/mol. The highest BCUT2D eigenvalue weighted by Crippen LogP contribution is 2.27. The third kappa shape index (κ3) is 3.51. The van der Waals surface area contributed by atoms with Gasteiger partial charge in [0.25, 0.3) is 5.56 Å². The van der Waals surface area contributed by atoms with Crippen LogP contribution in [-0.4, -0.2) is 46.9 Å². The Labute approximate surface area is 172 Å².